The van der Waals surface area contributed by atoms with Gasteiger partial charge in [0.05, 0.1) is 104 Å². The molecular formula is C121H108N6S. The zero-order valence-electron chi connectivity index (χ0n) is 84.1. The minimum Gasteiger partial charge on any atom is -0.310 e. The number of fused-ring (bicyclic) bond motifs is 19. The molecule has 128 heavy (non-hydrogen) atoms. The van der Waals surface area contributed by atoms with E-state index >= 15 is 0 Å². The predicted molar refractivity (Wildman–Crippen MR) is 550 cm³/mol. The zero-order valence-corrected chi connectivity index (χ0v) is 77.0. The first-order valence-corrected chi connectivity index (χ1v) is 46.0. The summed E-state index contributed by atoms with van der Waals surface area (Å²) >= 11 is 1.85. The maximum Gasteiger partial charge on any atom is 0.0645 e. The van der Waals surface area contributed by atoms with Gasteiger partial charge in [-0.1, -0.05) is 294 Å². The quantitative estimate of drug-likeness (QED) is 0.152. The van der Waals surface area contributed by atoms with E-state index in [4.69, 9.17) is 0 Å². The molecule has 7 heteroatoms. The van der Waals surface area contributed by atoms with Crippen LogP contribution in [0.2, 0.25) is 0 Å². The molecule has 23 rings (SSSR count). The van der Waals surface area contributed by atoms with Gasteiger partial charge < -0.3 is 28.1 Å². The zero-order chi connectivity index (χ0) is 95.0. The Labute approximate surface area is 766 Å². The summed E-state index contributed by atoms with van der Waals surface area (Å²) in [6.07, 6.45) is 0. The van der Waals surface area contributed by atoms with E-state index in [0.717, 1.165) is 154 Å². The molecule has 5 aromatic heterocycles. The molecule has 21 aromatic rings. The summed E-state index contributed by atoms with van der Waals surface area (Å²) in [6, 6.07) is 99.3. The summed E-state index contributed by atoms with van der Waals surface area (Å²) in [7, 11) is 0. The van der Waals surface area contributed by atoms with Crippen molar-refractivity contribution in [1.29, 1.82) is 0 Å². The molecule has 0 amide bonds. The smallest absolute Gasteiger partial charge is 0.0645 e. The summed E-state index contributed by atoms with van der Waals surface area (Å²) in [6.45, 7) is 41.4. The lowest BCUT2D eigenvalue weighted by Crippen LogP contribution is -2.30. The van der Waals surface area contributed by atoms with Gasteiger partial charge in [0.2, 0.25) is 0 Å². The van der Waals surface area contributed by atoms with Crippen molar-refractivity contribution in [1.82, 2.24) is 18.3 Å². The number of para-hydroxylation sites is 2. The molecule has 0 fully saturated rings. The molecule has 0 aliphatic carbocycles. The van der Waals surface area contributed by atoms with Crippen LogP contribution in [0.15, 0.2) is 321 Å². The summed E-state index contributed by atoms with van der Waals surface area (Å²) < 4.78 is 88.4. The van der Waals surface area contributed by atoms with Crippen LogP contribution < -0.4 is 9.80 Å². The highest BCUT2D eigenvalue weighted by Gasteiger charge is 2.44. The minimum atomic E-state index is -0.553. The third kappa shape index (κ3) is 12.4. The van der Waals surface area contributed by atoms with Crippen molar-refractivity contribution >= 4 is 153 Å². The second kappa shape index (κ2) is 28.0. The highest BCUT2D eigenvalue weighted by Crippen LogP contribution is 2.64. The Hall–Kier alpha value is -13.5. The predicted octanol–water partition coefficient (Wildman–Crippen LogP) is 34.3. The number of hydrogen-bond acceptors (Lipinski definition) is 3. The molecule has 1 unspecified atom stereocenters. The fourth-order valence-electron chi connectivity index (χ4n) is 20.7. The van der Waals surface area contributed by atoms with Gasteiger partial charge in [0.15, 0.2) is 0 Å². The Morgan fingerprint density at radius 1 is 0.227 bits per heavy atom. The second-order valence-corrected chi connectivity index (χ2v) is 43.1. The lowest BCUT2D eigenvalue weighted by molar-refractivity contribution is 0.590. The lowest BCUT2D eigenvalue weighted by atomic mass is 9.75. The number of rotatable bonds is 8. The topological polar surface area (TPSA) is 26.2 Å². The monoisotopic (exact) mass is 1680 g/mol. The van der Waals surface area contributed by atoms with Gasteiger partial charge in [0.1, 0.15) is 0 Å². The normalized spacial score (nSPS) is 14.9. The first-order chi connectivity index (χ1) is 64.6. The second-order valence-electron chi connectivity index (χ2n) is 42.1. The Morgan fingerprint density at radius 2 is 0.555 bits per heavy atom. The van der Waals surface area contributed by atoms with Crippen LogP contribution in [0.25, 0.3) is 152 Å². The van der Waals surface area contributed by atoms with Crippen LogP contribution in [0.4, 0.5) is 34.1 Å². The van der Waals surface area contributed by atoms with Gasteiger partial charge in [0.25, 0.3) is 0 Å². The molecule has 0 N–H and O–H groups in total. The van der Waals surface area contributed by atoms with E-state index in [1.165, 1.54) is 54.9 Å². The van der Waals surface area contributed by atoms with Crippen molar-refractivity contribution in [2.24, 2.45) is 0 Å². The third-order valence-electron chi connectivity index (χ3n) is 27.7. The number of aromatic nitrogens is 4. The SMILES string of the molecule is [2H]c1c([2H])c([2H])c2c(c1[2H])c1c([2H])c([2H])c([2H])c([2H])c1n2-c1ccc2c(c1)N(c1cc(-c3ccccc3)cc(-c3ccccc3)c1)c1cc(-n3c4ccc(C(C)(C)C)cc4c4cc(C(C)(C)C)ccc43)cc3c1C2c1ccc(-n2c4ccc(C(C)(C)C)cc4c4cc(C(C)(C)C)ccc42)cc1N3c1cccc2c1sc1c(-n3c4ccc(C(C)(C)C)cc4c4cc(C(C)(C)C)ccc43)cccc12. The Kier molecular flexibility index (Phi) is 15.5. The molecule has 628 valence electrons. The van der Waals surface area contributed by atoms with Crippen molar-refractivity contribution in [2.45, 2.75) is 163 Å². The van der Waals surface area contributed by atoms with Crippen molar-refractivity contribution in [3.63, 3.8) is 0 Å². The molecule has 7 heterocycles. The van der Waals surface area contributed by atoms with Crippen molar-refractivity contribution in [3.8, 4) is 45.0 Å². The van der Waals surface area contributed by atoms with Gasteiger partial charge in [-0.3, -0.25) is 0 Å². The first kappa shape index (κ1) is 70.7. The molecule has 0 spiro atoms. The van der Waals surface area contributed by atoms with Crippen molar-refractivity contribution in [2.75, 3.05) is 9.80 Å². The lowest BCUT2D eigenvalue weighted by Gasteiger charge is -2.46. The standard InChI is InChI=1S/C121H108N6S/c1-116(2,3)76-43-53-100-92(62-76)93-63-77(117(4,5)6)44-54-101(93)123(100)83-50-52-91-109(69-83)127(107-42-30-38-89-88-37-29-41-106(114(88)128-115(89)107)126-104-57-47-80(120(13,14)15)66-96(104)97-67-81(121(16,17)18)48-58-105(97)126)111-71-85(124-102-55-45-78(118(7,8)9)64-94(102)95-65-79(119(10,11)12)46-56-103(95)124)70-110-113(111)112(91)90-51-49-82(122-98-39-27-25-35-86(98)87-36-26-28-40-99(87)122)68-108(90)125(110)84-60-74(72-31-21-19-22-32-72)59-75(61-84)73-33-23-20-24-34-73/h19-71,112H,1-18H3/i25D,26D,27D,28D,35D,36D,39D,40D. The number of hydrogen-bond donors (Lipinski definition) is 0. The summed E-state index contributed by atoms with van der Waals surface area (Å²) in [5.74, 6) is -0.553. The minimum absolute atomic E-state index is 0.00586. The number of nitrogens with zero attached hydrogens (tertiary/aromatic N) is 6. The third-order valence-corrected chi connectivity index (χ3v) is 28.9. The van der Waals surface area contributed by atoms with E-state index in [1.54, 1.807) is 4.57 Å². The molecule has 6 nitrogen and oxygen atoms in total. The van der Waals surface area contributed by atoms with Crippen LogP contribution in [-0.2, 0) is 32.5 Å². The van der Waals surface area contributed by atoms with Crippen molar-refractivity contribution in [3.05, 3.63) is 371 Å². The van der Waals surface area contributed by atoms with Crippen LogP contribution in [0.1, 0.15) is 192 Å². The van der Waals surface area contributed by atoms with E-state index in [-0.39, 0.29) is 66.4 Å². The fourth-order valence-corrected chi connectivity index (χ4v) is 22.0. The van der Waals surface area contributed by atoms with Crippen LogP contribution in [-0.4, -0.2) is 18.3 Å². The summed E-state index contributed by atoms with van der Waals surface area (Å²) in [5.41, 5.74) is 28.9. The van der Waals surface area contributed by atoms with Crippen LogP contribution in [0.3, 0.4) is 0 Å². The van der Waals surface area contributed by atoms with E-state index in [0.29, 0.717) is 5.69 Å². The van der Waals surface area contributed by atoms with Gasteiger partial charge >= 0.3 is 0 Å². The highest BCUT2D eigenvalue weighted by atomic mass is 32.1. The van der Waals surface area contributed by atoms with E-state index in [9.17, 15) is 11.0 Å². The van der Waals surface area contributed by atoms with E-state index in [1.807, 2.05) is 17.4 Å². The van der Waals surface area contributed by atoms with E-state index in [2.05, 4.69) is 415 Å². The number of thiophene rings is 1. The maximum atomic E-state index is 10.0. The molecule has 2 aliphatic heterocycles. The van der Waals surface area contributed by atoms with Gasteiger partial charge in [-0.25, -0.2) is 0 Å². The van der Waals surface area contributed by atoms with Crippen molar-refractivity contribution < 1.29 is 11.0 Å². The van der Waals surface area contributed by atoms with Crippen LogP contribution in [0, 0.1) is 0 Å². The molecule has 0 saturated carbocycles. The molecular weight excluding hydrogens is 1570 g/mol. The average molecular weight is 1690 g/mol. The van der Waals surface area contributed by atoms with Gasteiger partial charge in [-0.2, -0.15) is 0 Å². The average Bonchev–Trinajstić information content (AvgIpc) is 1.01. The molecule has 0 saturated heterocycles. The van der Waals surface area contributed by atoms with Crippen LogP contribution in [0.5, 0.6) is 0 Å². The Morgan fingerprint density at radius 3 is 0.945 bits per heavy atom. The molecule has 0 bridgehead atoms. The summed E-state index contributed by atoms with van der Waals surface area (Å²) in [4.78, 5) is 5.05. The molecule has 2 aliphatic rings. The number of anilines is 6. The molecule has 0 radical (unpaired) electrons. The fraction of sp³-hybridized carbons (Fsp3) is 0.207. The summed E-state index contributed by atoms with van der Waals surface area (Å²) in [5, 5.41) is 9.35. The largest absolute Gasteiger partial charge is 0.310 e. The van der Waals surface area contributed by atoms with Gasteiger partial charge in [0, 0.05) is 82.4 Å². The van der Waals surface area contributed by atoms with Crippen LogP contribution >= 0.6 is 11.3 Å². The number of benzene rings is 16. The maximum absolute atomic E-state index is 10.0. The first-order valence-electron chi connectivity index (χ1n) is 49.1. The molecule has 16 aromatic carbocycles. The Bertz CT molecular complexity index is 8430. The Balaban J connectivity index is 0.897. The molecule has 1 atom stereocenters. The highest BCUT2D eigenvalue weighted by molar-refractivity contribution is 7.26. The van der Waals surface area contributed by atoms with E-state index < -0.39 is 42.2 Å². The van der Waals surface area contributed by atoms with Gasteiger partial charge in [-0.05, 0) is 251 Å². The van der Waals surface area contributed by atoms with Gasteiger partial charge in [-0.15, -0.1) is 11.3 Å².